The Bertz CT molecular complexity index is 783. The highest BCUT2D eigenvalue weighted by Crippen LogP contribution is 2.32. The molecule has 5 rings (SSSR count). The van der Waals surface area contributed by atoms with Crippen molar-refractivity contribution in [3.63, 3.8) is 0 Å². The normalized spacial score (nSPS) is 27.2. The van der Waals surface area contributed by atoms with Gasteiger partial charge in [-0.15, -0.1) is 0 Å². The lowest BCUT2D eigenvalue weighted by Gasteiger charge is -2.49. The van der Waals surface area contributed by atoms with E-state index in [9.17, 15) is 4.79 Å². The molecule has 0 aromatic heterocycles. The van der Waals surface area contributed by atoms with E-state index in [1.54, 1.807) is 24.3 Å². The van der Waals surface area contributed by atoms with Crippen molar-refractivity contribution >= 4 is 17.5 Å². The Morgan fingerprint density at radius 1 is 1.12 bits per heavy atom. The van der Waals surface area contributed by atoms with Crippen LogP contribution in [-0.4, -0.2) is 36.0 Å². The summed E-state index contributed by atoms with van der Waals surface area (Å²) in [7, 11) is 0. The van der Waals surface area contributed by atoms with Crippen molar-refractivity contribution < 1.29 is 9.53 Å². The molecule has 1 amide bonds. The van der Waals surface area contributed by atoms with Gasteiger partial charge in [-0.2, -0.15) is 0 Å². The van der Waals surface area contributed by atoms with Gasteiger partial charge in [-0.25, -0.2) is 0 Å². The molecule has 2 aromatic rings. The van der Waals surface area contributed by atoms with Gasteiger partial charge in [0.2, 0.25) is 0 Å². The van der Waals surface area contributed by atoms with Gasteiger partial charge in [0.15, 0.2) is 0 Å². The van der Waals surface area contributed by atoms with E-state index in [0.29, 0.717) is 34.0 Å². The van der Waals surface area contributed by atoms with Gasteiger partial charge >= 0.3 is 0 Å². The van der Waals surface area contributed by atoms with E-state index >= 15 is 0 Å². The fourth-order valence-corrected chi connectivity index (χ4v) is 4.30. The van der Waals surface area contributed by atoms with E-state index in [1.807, 2.05) is 24.3 Å². The van der Waals surface area contributed by atoms with E-state index in [1.165, 1.54) is 12.8 Å². The summed E-state index contributed by atoms with van der Waals surface area (Å²) < 4.78 is 5.78. The summed E-state index contributed by atoms with van der Waals surface area (Å²) in [4.78, 5) is 15.1. The van der Waals surface area contributed by atoms with Crippen molar-refractivity contribution in [3.8, 4) is 11.5 Å². The number of piperidine rings is 3. The smallest absolute Gasteiger partial charge is 0.251 e. The molecule has 3 saturated heterocycles. The summed E-state index contributed by atoms with van der Waals surface area (Å²) in [6, 6.07) is 15.2. The molecule has 0 saturated carbocycles. The van der Waals surface area contributed by atoms with Crippen LogP contribution in [0.15, 0.2) is 48.5 Å². The van der Waals surface area contributed by atoms with Crippen molar-refractivity contribution in [3.05, 3.63) is 59.1 Å². The fraction of sp³-hybridized carbons (Fsp3) is 0.381. The number of amides is 1. The summed E-state index contributed by atoms with van der Waals surface area (Å²) in [6.07, 6.45) is 2.36. The van der Waals surface area contributed by atoms with E-state index in [4.69, 9.17) is 16.3 Å². The number of benzene rings is 2. The predicted molar refractivity (Wildman–Crippen MR) is 103 cm³/mol. The van der Waals surface area contributed by atoms with Gasteiger partial charge in [0.1, 0.15) is 11.5 Å². The van der Waals surface area contributed by atoms with E-state index in [-0.39, 0.29) is 11.9 Å². The van der Waals surface area contributed by atoms with Crippen LogP contribution in [0.25, 0.3) is 0 Å². The number of fused-ring (bicyclic) bond motifs is 3. The number of carbonyl (C=O) groups excluding carboxylic acids is 1. The maximum absolute atomic E-state index is 12.7. The zero-order valence-corrected chi connectivity index (χ0v) is 15.6. The number of rotatable bonds is 4. The fourth-order valence-electron chi connectivity index (χ4n) is 4.12. The van der Waals surface area contributed by atoms with E-state index in [0.717, 1.165) is 13.1 Å². The number of hydrogen-bond acceptors (Lipinski definition) is 3. The van der Waals surface area contributed by atoms with Crippen molar-refractivity contribution in [2.45, 2.75) is 31.8 Å². The van der Waals surface area contributed by atoms with Crippen LogP contribution >= 0.6 is 11.6 Å². The van der Waals surface area contributed by atoms with Crippen LogP contribution in [0.1, 0.15) is 30.1 Å². The first-order valence-corrected chi connectivity index (χ1v) is 9.56. The van der Waals surface area contributed by atoms with Crippen molar-refractivity contribution in [1.82, 2.24) is 10.2 Å². The minimum Gasteiger partial charge on any atom is -0.457 e. The number of hydrogen-bond donors (Lipinski definition) is 1. The van der Waals surface area contributed by atoms with Crippen LogP contribution < -0.4 is 10.1 Å². The predicted octanol–water partition coefficient (Wildman–Crippen LogP) is 4.34. The van der Waals surface area contributed by atoms with Crippen LogP contribution in [0, 0.1) is 5.92 Å². The number of halogens is 1. The Morgan fingerprint density at radius 3 is 2.50 bits per heavy atom. The Balaban J connectivity index is 1.41. The number of carbonyl (C=O) groups is 1. The Labute approximate surface area is 159 Å². The highest BCUT2D eigenvalue weighted by atomic mass is 35.5. The molecule has 3 heterocycles. The van der Waals surface area contributed by atoms with Crippen molar-refractivity contribution in [2.24, 2.45) is 5.92 Å². The summed E-state index contributed by atoms with van der Waals surface area (Å²) in [5.41, 5.74) is 0.659. The molecule has 2 aromatic carbocycles. The van der Waals surface area contributed by atoms with E-state index < -0.39 is 0 Å². The lowest BCUT2D eigenvalue weighted by molar-refractivity contribution is 0.0217. The molecule has 0 spiro atoms. The second-order valence-electron chi connectivity index (χ2n) is 7.20. The summed E-state index contributed by atoms with van der Waals surface area (Å²) in [6.45, 7) is 4.54. The van der Waals surface area contributed by atoms with Gasteiger partial charge in [0.05, 0.1) is 0 Å². The molecule has 1 N–H and O–H groups in total. The van der Waals surface area contributed by atoms with Gasteiger partial charge in [-0.05, 0) is 81.2 Å². The third kappa shape index (κ3) is 3.57. The van der Waals surface area contributed by atoms with Gasteiger partial charge in [0, 0.05) is 22.7 Å². The summed E-state index contributed by atoms with van der Waals surface area (Å²) in [5, 5.41) is 3.88. The molecule has 3 aliphatic heterocycles. The molecule has 2 atom stereocenters. The molecule has 26 heavy (non-hydrogen) atoms. The SMILES string of the molecule is C[C@H]1[C@H](NC(=O)c2ccc(Oc3cccc(Cl)c3)cc2)C2CCN1CC2. The summed E-state index contributed by atoms with van der Waals surface area (Å²) >= 11 is 5.97. The summed E-state index contributed by atoms with van der Waals surface area (Å²) in [5.74, 6) is 1.95. The number of nitrogens with zero attached hydrogens (tertiary/aromatic N) is 1. The topological polar surface area (TPSA) is 41.6 Å². The Hall–Kier alpha value is -2.04. The lowest BCUT2D eigenvalue weighted by atomic mass is 9.79. The van der Waals surface area contributed by atoms with Crippen LogP contribution in [0.4, 0.5) is 0 Å². The standard InChI is InChI=1S/C21H23ClN2O2/c1-14-20(15-9-11-24(14)12-10-15)23-21(25)16-5-7-18(8-6-16)26-19-4-2-3-17(22)13-19/h2-8,13-15,20H,9-12H2,1H3,(H,23,25)/t14-,20-/m0/s1. The quantitative estimate of drug-likeness (QED) is 0.870. The van der Waals surface area contributed by atoms with Crippen molar-refractivity contribution in [1.29, 1.82) is 0 Å². The van der Waals surface area contributed by atoms with E-state index in [2.05, 4.69) is 17.1 Å². The largest absolute Gasteiger partial charge is 0.457 e. The lowest BCUT2D eigenvalue weighted by Crippen LogP contribution is -2.62. The molecule has 4 nitrogen and oxygen atoms in total. The third-order valence-corrected chi connectivity index (χ3v) is 5.86. The molecule has 0 unspecified atom stereocenters. The minimum absolute atomic E-state index is 0.00935. The van der Waals surface area contributed by atoms with Gasteiger partial charge < -0.3 is 10.1 Å². The first kappa shape index (κ1) is 17.4. The number of nitrogens with one attached hydrogen (secondary N) is 1. The molecule has 2 bridgehead atoms. The van der Waals surface area contributed by atoms with Gasteiger partial charge in [-0.3, -0.25) is 9.69 Å². The molecular formula is C21H23ClN2O2. The van der Waals surface area contributed by atoms with Crippen LogP contribution in [0.3, 0.4) is 0 Å². The van der Waals surface area contributed by atoms with Crippen LogP contribution in [0.5, 0.6) is 11.5 Å². The molecular weight excluding hydrogens is 348 g/mol. The monoisotopic (exact) mass is 370 g/mol. The molecule has 0 radical (unpaired) electrons. The second kappa shape index (κ2) is 7.29. The number of ether oxygens (including phenoxy) is 1. The average molecular weight is 371 g/mol. The third-order valence-electron chi connectivity index (χ3n) is 5.62. The first-order chi connectivity index (χ1) is 12.6. The molecule has 0 aliphatic carbocycles. The maximum atomic E-state index is 12.7. The van der Waals surface area contributed by atoms with Gasteiger partial charge in [-0.1, -0.05) is 17.7 Å². The molecule has 3 aliphatic rings. The van der Waals surface area contributed by atoms with Crippen molar-refractivity contribution in [2.75, 3.05) is 13.1 Å². The molecule has 5 heteroatoms. The average Bonchev–Trinajstić information content (AvgIpc) is 2.65. The maximum Gasteiger partial charge on any atom is 0.251 e. The first-order valence-electron chi connectivity index (χ1n) is 9.18. The zero-order valence-electron chi connectivity index (χ0n) is 14.8. The van der Waals surface area contributed by atoms with Gasteiger partial charge in [0.25, 0.3) is 5.91 Å². The minimum atomic E-state index is -0.00935. The molecule has 3 fully saturated rings. The highest BCUT2D eigenvalue weighted by Gasteiger charge is 2.40. The highest BCUT2D eigenvalue weighted by molar-refractivity contribution is 6.30. The Morgan fingerprint density at radius 2 is 1.85 bits per heavy atom. The van der Waals surface area contributed by atoms with Crippen LogP contribution in [0.2, 0.25) is 5.02 Å². The molecule has 136 valence electrons. The Kier molecular flexibility index (Phi) is 4.88. The zero-order chi connectivity index (χ0) is 18.1. The second-order valence-corrected chi connectivity index (χ2v) is 7.63. The van der Waals surface area contributed by atoms with Crippen LogP contribution in [-0.2, 0) is 0 Å².